The van der Waals surface area contributed by atoms with Gasteiger partial charge in [-0.1, -0.05) is 304 Å². The normalized spacial score (nSPS) is 14.1. The third-order valence-electron chi connectivity index (χ3n) is 16.0. The van der Waals surface area contributed by atoms with E-state index in [1.54, 1.807) is 0 Å². The van der Waals surface area contributed by atoms with Gasteiger partial charge in [-0.05, 0) is 31.6 Å². The highest BCUT2D eigenvalue weighted by Crippen LogP contribution is 2.45. The molecule has 0 aliphatic heterocycles. The Morgan fingerprint density at radius 3 is 0.773 bits per heavy atom. The van der Waals surface area contributed by atoms with E-state index in [9.17, 15) is 43.2 Å². The van der Waals surface area contributed by atoms with E-state index in [0.29, 0.717) is 25.7 Å². The van der Waals surface area contributed by atoms with E-state index in [4.69, 9.17) is 37.0 Å². The standard InChI is InChI=1S/C69H134O17P2/c1-6-9-12-15-18-21-23-25-26-27-29-34-40-45-50-55-69(74)86-65(59-80-67(72)53-48-43-38-35-30-32-36-41-46-51-62(4)5)61-84-88(77,78)82-57-63(70)56-81-87(75,76)83-60-64(58-79-66(71)52-47-42-37-31-20-17-14-11-8-3)85-68(73)54-49-44-39-33-28-24-22-19-16-13-10-7-2/h62-65,70H,6-61H2,1-5H3,(H,75,76)(H,77,78)/t63-,64+,65+/m0/s1. The summed E-state index contributed by atoms with van der Waals surface area (Å²) in [6.45, 7) is 7.21. The summed E-state index contributed by atoms with van der Waals surface area (Å²) in [5.41, 5.74) is 0. The smallest absolute Gasteiger partial charge is 0.462 e. The maximum absolute atomic E-state index is 13.0. The van der Waals surface area contributed by atoms with Crippen LogP contribution < -0.4 is 0 Å². The van der Waals surface area contributed by atoms with Gasteiger partial charge in [-0.3, -0.25) is 37.3 Å². The highest BCUT2D eigenvalue weighted by atomic mass is 31.2. The van der Waals surface area contributed by atoms with Crippen molar-refractivity contribution in [1.29, 1.82) is 0 Å². The zero-order chi connectivity index (χ0) is 64.9. The van der Waals surface area contributed by atoms with Crippen LogP contribution in [0, 0.1) is 5.92 Å². The van der Waals surface area contributed by atoms with Crippen molar-refractivity contribution in [3.63, 3.8) is 0 Å². The summed E-state index contributed by atoms with van der Waals surface area (Å²) >= 11 is 0. The monoisotopic (exact) mass is 1300 g/mol. The molecule has 0 aliphatic rings. The first kappa shape index (κ1) is 86.1. The Kier molecular flexibility index (Phi) is 61.1. The lowest BCUT2D eigenvalue weighted by Gasteiger charge is -2.21. The second-order valence-corrected chi connectivity index (χ2v) is 28.3. The van der Waals surface area contributed by atoms with Crippen LogP contribution in [-0.4, -0.2) is 96.7 Å². The summed E-state index contributed by atoms with van der Waals surface area (Å²) in [6.07, 6.45) is 48.4. The van der Waals surface area contributed by atoms with Gasteiger partial charge in [0, 0.05) is 25.7 Å². The Balaban J connectivity index is 5.24. The van der Waals surface area contributed by atoms with Gasteiger partial charge in [0.15, 0.2) is 12.2 Å². The van der Waals surface area contributed by atoms with Crippen molar-refractivity contribution in [2.45, 2.75) is 374 Å². The van der Waals surface area contributed by atoms with Crippen molar-refractivity contribution in [1.82, 2.24) is 0 Å². The summed E-state index contributed by atoms with van der Waals surface area (Å²) < 4.78 is 68.2. The molecule has 0 aromatic rings. The molecule has 0 aliphatic carbocycles. The fraction of sp³-hybridized carbons (Fsp3) is 0.942. The molecule has 522 valence electrons. The SMILES string of the molecule is CCCCCCCCCCCCCCCCCC(=O)O[C@H](COC(=O)CCCCCCCCCCCC(C)C)COP(=O)(O)OC[C@@H](O)COP(=O)(O)OC[C@@H](COC(=O)CCCCCCCCCCC)OC(=O)CCCCCCCCCCCCCC. The predicted molar refractivity (Wildman–Crippen MR) is 354 cm³/mol. The number of phosphoric acid groups is 2. The fourth-order valence-corrected chi connectivity index (χ4v) is 12.0. The number of carbonyl (C=O) groups excluding carboxylic acids is 4. The topological polar surface area (TPSA) is 237 Å². The number of hydrogen-bond acceptors (Lipinski definition) is 15. The van der Waals surface area contributed by atoms with Crippen LogP contribution in [0.2, 0.25) is 0 Å². The fourth-order valence-electron chi connectivity index (χ4n) is 10.5. The molecular weight excluding hydrogens is 1160 g/mol. The lowest BCUT2D eigenvalue weighted by molar-refractivity contribution is -0.161. The van der Waals surface area contributed by atoms with Gasteiger partial charge in [-0.2, -0.15) is 0 Å². The molecule has 0 rings (SSSR count). The molecule has 0 spiro atoms. The van der Waals surface area contributed by atoms with Crippen LogP contribution in [0.1, 0.15) is 356 Å². The van der Waals surface area contributed by atoms with Crippen LogP contribution >= 0.6 is 15.6 Å². The first-order chi connectivity index (χ1) is 42.5. The molecular formula is C69H134O17P2. The minimum atomic E-state index is -4.95. The summed E-state index contributed by atoms with van der Waals surface area (Å²) in [5.74, 6) is -1.38. The van der Waals surface area contributed by atoms with Gasteiger partial charge in [0.2, 0.25) is 0 Å². The molecule has 0 fully saturated rings. The molecule has 5 atom stereocenters. The van der Waals surface area contributed by atoms with Crippen molar-refractivity contribution in [3.05, 3.63) is 0 Å². The maximum Gasteiger partial charge on any atom is 0.472 e. The van der Waals surface area contributed by atoms with Gasteiger partial charge in [-0.25, -0.2) is 9.13 Å². The molecule has 19 heteroatoms. The molecule has 0 saturated carbocycles. The number of esters is 4. The van der Waals surface area contributed by atoms with Gasteiger partial charge in [0.05, 0.1) is 26.4 Å². The zero-order valence-corrected chi connectivity index (χ0v) is 58.6. The van der Waals surface area contributed by atoms with Gasteiger partial charge in [0.25, 0.3) is 0 Å². The molecule has 0 saturated heterocycles. The molecule has 0 heterocycles. The van der Waals surface area contributed by atoms with Crippen LogP contribution in [0.3, 0.4) is 0 Å². The number of carbonyl (C=O) groups is 4. The number of aliphatic hydroxyl groups excluding tert-OH is 1. The van der Waals surface area contributed by atoms with E-state index in [0.717, 1.165) is 95.8 Å². The first-order valence-electron chi connectivity index (χ1n) is 36.1. The van der Waals surface area contributed by atoms with E-state index in [1.165, 1.54) is 180 Å². The largest absolute Gasteiger partial charge is 0.472 e. The Morgan fingerprint density at radius 2 is 0.523 bits per heavy atom. The number of aliphatic hydroxyl groups is 1. The average molecular weight is 1300 g/mol. The minimum absolute atomic E-state index is 0.107. The second kappa shape index (κ2) is 62.5. The van der Waals surface area contributed by atoms with E-state index in [1.807, 2.05) is 0 Å². The Labute approximate surface area is 537 Å². The van der Waals surface area contributed by atoms with Gasteiger partial charge >= 0.3 is 39.5 Å². The number of phosphoric ester groups is 2. The molecule has 0 bridgehead atoms. The molecule has 2 unspecified atom stereocenters. The summed E-state index contributed by atoms with van der Waals surface area (Å²) in [4.78, 5) is 72.4. The molecule has 0 amide bonds. The van der Waals surface area contributed by atoms with Crippen molar-refractivity contribution < 1.29 is 80.2 Å². The average Bonchev–Trinajstić information content (AvgIpc) is 3.54. The molecule has 0 aromatic heterocycles. The highest BCUT2D eigenvalue weighted by Gasteiger charge is 2.30. The van der Waals surface area contributed by atoms with E-state index < -0.39 is 97.5 Å². The predicted octanol–water partition coefficient (Wildman–Crippen LogP) is 19.7. The van der Waals surface area contributed by atoms with Crippen LogP contribution in [0.5, 0.6) is 0 Å². The minimum Gasteiger partial charge on any atom is -0.462 e. The third-order valence-corrected chi connectivity index (χ3v) is 17.9. The number of ether oxygens (including phenoxy) is 4. The number of rotatable bonds is 69. The zero-order valence-electron chi connectivity index (χ0n) is 56.9. The molecule has 3 N–H and O–H groups in total. The quantitative estimate of drug-likeness (QED) is 0.0222. The van der Waals surface area contributed by atoms with Crippen molar-refractivity contribution in [2.24, 2.45) is 5.92 Å². The Bertz CT molecular complexity index is 1700. The number of hydrogen-bond donors (Lipinski definition) is 3. The second-order valence-electron chi connectivity index (χ2n) is 25.4. The van der Waals surface area contributed by atoms with Gasteiger partial charge < -0.3 is 33.8 Å². The van der Waals surface area contributed by atoms with E-state index in [-0.39, 0.29) is 25.7 Å². The van der Waals surface area contributed by atoms with E-state index >= 15 is 0 Å². The summed E-state index contributed by atoms with van der Waals surface area (Å²) in [7, 11) is -9.89. The lowest BCUT2D eigenvalue weighted by atomic mass is 10.0. The first-order valence-corrected chi connectivity index (χ1v) is 39.1. The molecule has 0 aromatic carbocycles. The van der Waals surface area contributed by atoms with Crippen LogP contribution in [-0.2, 0) is 65.4 Å². The van der Waals surface area contributed by atoms with Crippen molar-refractivity contribution >= 4 is 39.5 Å². The number of unbranched alkanes of at least 4 members (excludes halogenated alkanes) is 41. The maximum atomic E-state index is 13.0. The summed E-state index contributed by atoms with van der Waals surface area (Å²) in [5, 5.41) is 10.6. The van der Waals surface area contributed by atoms with Crippen molar-refractivity contribution in [3.8, 4) is 0 Å². The van der Waals surface area contributed by atoms with Crippen LogP contribution in [0.15, 0.2) is 0 Å². The van der Waals surface area contributed by atoms with Crippen LogP contribution in [0.4, 0.5) is 0 Å². The third kappa shape index (κ3) is 62.8. The highest BCUT2D eigenvalue weighted by molar-refractivity contribution is 7.47. The summed E-state index contributed by atoms with van der Waals surface area (Å²) in [6, 6.07) is 0. The molecule has 88 heavy (non-hydrogen) atoms. The van der Waals surface area contributed by atoms with E-state index in [2.05, 4.69) is 34.6 Å². The Hall–Kier alpha value is -1.94. The van der Waals surface area contributed by atoms with Gasteiger partial charge in [-0.15, -0.1) is 0 Å². The van der Waals surface area contributed by atoms with Gasteiger partial charge in [0.1, 0.15) is 19.3 Å². The van der Waals surface area contributed by atoms with Crippen molar-refractivity contribution in [2.75, 3.05) is 39.6 Å². The molecule has 0 radical (unpaired) electrons. The van der Waals surface area contributed by atoms with Crippen LogP contribution in [0.25, 0.3) is 0 Å². The Morgan fingerprint density at radius 1 is 0.307 bits per heavy atom. The lowest BCUT2D eigenvalue weighted by Crippen LogP contribution is -2.30. The molecule has 17 nitrogen and oxygen atoms in total.